The van der Waals surface area contributed by atoms with Gasteiger partial charge in [0, 0.05) is 19.2 Å². The van der Waals surface area contributed by atoms with Crippen molar-refractivity contribution in [1.29, 1.82) is 0 Å². The normalized spacial score (nSPS) is 10.5. The first-order chi connectivity index (χ1) is 11.5. The summed E-state index contributed by atoms with van der Waals surface area (Å²) in [7, 11) is 0. The van der Waals surface area contributed by atoms with Gasteiger partial charge in [-0.15, -0.1) is 0 Å². The topological polar surface area (TPSA) is 78.4 Å². The van der Waals surface area contributed by atoms with Crippen LogP contribution in [0.2, 0.25) is 0 Å². The molecule has 1 heterocycles. The van der Waals surface area contributed by atoms with Gasteiger partial charge < -0.3 is 15.3 Å². The molecule has 6 nitrogen and oxygen atoms in total. The molecule has 0 aliphatic carbocycles. The summed E-state index contributed by atoms with van der Waals surface area (Å²) >= 11 is 0. The Balaban J connectivity index is 2.33. The van der Waals surface area contributed by atoms with Crippen LogP contribution in [0.1, 0.15) is 42.9 Å². The lowest BCUT2D eigenvalue weighted by Gasteiger charge is -2.23. The number of para-hydroxylation sites is 1. The average molecular weight is 328 g/mol. The molecule has 2 N–H and O–H groups in total. The van der Waals surface area contributed by atoms with Crippen molar-refractivity contribution in [2.75, 3.05) is 23.3 Å². The number of carbonyl (C=O) groups is 1. The molecule has 0 aliphatic rings. The number of nitrogens with one attached hydrogen (secondary N) is 1. The van der Waals surface area contributed by atoms with E-state index in [1.54, 1.807) is 24.3 Å². The van der Waals surface area contributed by atoms with E-state index < -0.39 is 5.97 Å². The molecular formula is C18H24N4O2. The largest absolute Gasteiger partial charge is 0.478 e. The van der Waals surface area contributed by atoms with Crippen molar-refractivity contribution in [3.05, 3.63) is 41.7 Å². The molecule has 2 rings (SSSR count). The number of nitrogens with zero attached hydrogens (tertiary/aromatic N) is 3. The summed E-state index contributed by atoms with van der Waals surface area (Å²) in [5.41, 5.74) is 0.737. The van der Waals surface area contributed by atoms with Gasteiger partial charge in [-0.25, -0.2) is 14.8 Å². The van der Waals surface area contributed by atoms with Crippen molar-refractivity contribution < 1.29 is 9.90 Å². The Morgan fingerprint density at radius 1 is 1.17 bits per heavy atom. The highest BCUT2D eigenvalue weighted by Crippen LogP contribution is 2.23. The third-order valence-corrected chi connectivity index (χ3v) is 3.56. The van der Waals surface area contributed by atoms with Crippen molar-refractivity contribution in [3.63, 3.8) is 0 Å². The maximum Gasteiger partial charge on any atom is 0.337 e. The molecule has 128 valence electrons. The van der Waals surface area contributed by atoms with E-state index in [0.717, 1.165) is 31.7 Å². The molecule has 0 aliphatic heterocycles. The van der Waals surface area contributed by atoms with E-state index in [1.807, 2.05) is 13.0 Å². The number of hydrogen-bond donors (Lipinski definition) is 2. The lowest BCUT2D eigenvalue weighted by molar-refractivity contribution is 0.0698. The van der Waals surface area contributed by atoms with Crippen molar-refractivity contribution >= 4 is 23.3 Å². The predicted octanol–water partition coefficient (Wildman–Crippen LogP) is 3.85. The smallest absolute Gasteiger partial charge is 0.337 e. The van der Waals surface area contributed by atoms with Crippen LogP contribution < -0.4 is 10.2 Å². The van der Waals surface area contributed by atoms with Gasteiger partial charge >= 0.3 is 5.97 Å². The van der Waals surface area contributed by atoms with Gasteiger partial charge in [0.1, 0.15) is 17.5 Å². The molecule has 0 radical (unpaired) electrons. The van der Waals surface area contributed by atoms with Crippen molar-refractivity contribution in [2.45, 2.75) is 33.6 Å². The van der Waals surface area contributed by atoms with E-state index in [9.17, 15) is 9.90 Å². The summed E-state index contributed by atoms with van der Waals surface area (Å²) in [6, 6.07) is 8.67. The third-order valence-electron chi connectivity index (χ3n) is 3.56. The summed E-state index contributed by atoms with van der Waals surface area (Å²) in [6.07, 6.45) is 2.07. The third kappa shape index (κ3) is 4.44. The monoisotopic (exact) mass is 328 g/mol. The zero-order valence-electron chi connectivity index (χ0n) is 14.4. The zero-order chi connectivity index (χ0) is 17.5. The lowest BCUT2D eigenvalue weighted by atomic mass is 10.2. The Hall–Kier alpha value is -2.63. The van der Waals surface area contributed by atoms with Crippen LogP contribution in [0.3, 0.4) is 0 Å². The van der Waals surface area contributed by atoms with E-state index >= 15 is 0 Å². The van der Waals surface area contributed by atoms with Crippen LogP contribution in [-0.4, -0.2) is 34.1 Å². The highest BCUT2D eigenvalue weighted by molar-refractivity contribution is 5.95. The Morgan fingerprint density at radius 2 is 1.83 bits per heavy atom. The molecule has 2 aromatic rings. The Kier molecular flexibility index (Phi) is 6.12. The number of aromatic carboxylic acids is 1. The van der Waals surface area contributed by atoms with Gasteiger partial charge in [0.25, 0.3) is 0 Å². The number of carboxylic acids is 1. The first-order valence-electron chi connectivity index (χ1n) is 8.25. The van der Waals surface area contributed by atoms with Gasteiger partial charge in [0.15, 0.2) is 0 Å². The molecule has 0 atom stereocenters. The van der Waals surface area contributed by atoms with Crippen molar-refractivity contribution in [2.24, 2.45) is 0 Å². The van der Waals surface area contributed by atoms with Crippen LogP contribution in [0.15, 0.2) is 30.3 Å². The minimum atomic E-state index is -0.970. The van der Waals surface area contributed by atoms with Crippen LogP contribution in [0.25, 0.3) is 0 Å². The lowest BCUT2D eigenvalue weighted by Crippen LogP contribution is -2.26. The quantitative estimate of drug-likeness (QED) is 0.766. The summed E-state index contributed by atoms with van der Waals surface area (Å²) < 4.78 is 0. The molecule has 1 aromatic heterocycles. The maximum absolute atomic E-state index is 11.3. The molecule has 24 heavy (non-hydrogen) atoms. The van der Waals surface area contributed by atoms with Gasteiger partial charge in [-0.1, -0.05) is 26.0 Å². The molecule has 0 fully saturated rings. The van der Waals surface area contributed by atoms with E-state index in [2.05, 4.69) is 34.0 Å². The van der Waals surface area contributed by atoms with Gasteiger partial charge in [-0.05, 0) is 31.9 Å². The molecule has 0 bridgehead atoms. The molecule has 0 saturated heterocycles. The molecular weight excluding hydrogens is 304 g/mol. The molecule has 0 spiro atoms. The van der Waals surface area contributed by atoms with Crippen LogP contribution in [0.5, 0.6) is 0 Å². The highest BCUT2D eigenvalue weighted by atomic mass is 16.4. The Labute approximate surface area is 142 Å². The maximum atomic E-state index is 11.3. The predicted molar refractivity (Wildman–Crippen MR) is 96.2 cm³/mol. The van der Waals surface area contributed by atoms with Gasteiger partial charge in [0.2, 0.25) is 0 Å². The average Bonchev–Trinajstić information content (AvgIpc) is 2.54. The summed E-state index contributed by atoms with van der Waals surface area (Å²) in [6.45, 7) is 7.97. The zero-order valence-corrected chi connectivity index (χ0v) is 14.4. The second-order valence-corrected chi connectivity index (χ2v) is 5.62. The molecule has 1 aromatic carbocycles. The first kappa shape index (κ1) is 17.7. The number of aryl methyl sites for hydroxylation is 1. The number of rotatable bonds is 8. The van der Waals surface area contributed by atoms with Crippen molar-refractivity contribution in [1.82, 2.24) is 9.97 Å². The van der Waals surface area contributed by atoms with Crippen molar-refractivity contribution in [3.8, 4) is 0 Å². The van der Waals surface area contributed by atoms with Crippen LogP contribution in [0, 0.1) is 6.92 Å². The molecule has 6 heteroatoms. The van der Waals surface area contributed by atoms with E-state index in [-0.39, 0.29) is 5.56 Å². The highest BCUT2D eigenvalue weighted by Gasteiger charge is 2.12. The van der Waals surface area contributed by atoms with Gasteiger partial charge in [-0.3, -0.25) is 0 Å². The molecule has 0 saturated carbocycles. The fraction of sp³-hybridized carbons (Fsp3) is 0.389. The first-order valence-corrected chi connectivity index (χ1v) is 8.25. The van der Waals surface area contributed by atoms with Crippen LogP contribution in [0.4, 0.5) is 17.3 Å². The number of anilines is 3. The number of carboxylic acid groups (broad SMARTS) is 1. The number of benzene rings is 1. The fourth-order valence-corrected chi connectivity index (χ4v) is 2.58. The summed E-state index contributed by atoms with van der Waals surface area (Å²) in [5.74, 6) is 1.15. The second-order valence-electron chi connectivity index (χ2n) is 5.62. The number of aromatic nitrogens is 2. The molecule has 0 amide bonds. The standard InChI is InChI=1S/C18H24N4O2/c1-4-10-22(11-5-2)17-12-16(19-13(3)20-17)21-15-9-7-6-8-14(15)18(23)24/h6-9,12H,4-5,10-11H2,1-3H3,(H,23,24)(H,19,20,21). The van der Waals surface area contributed by atoms with E-state index in [0.29, 0.717) is 17.3 Å². The Morgan fingerprint density at radius 3 is 2.46 bits per heavy atom. The van der Waals surface area contributed by atoms with Crippen LogP contribution in [-0.2, 0) is 0 Å². The van der Waals surface area contributed by atoms with Crippen LogP contribution >= 0.6 is 0 Å². The summed E-state index contributed by atoms with van der Waals surface area (Å²) in [5, 5.41) is 12.4. The summed E-state index contributed by atoms with van der Waals surface area (Å²) in [4.78, 5) is 22.5. The van der Waals surface area contributed by atoms with Gasteiger partial charge in [-0.2, -0.15) is 0 Å². The minimum absolute atomic E-state index is 0.217. The van der Waals surface area contributed by atoms with E-state index in [4.69, 9.17) is 0 Å². The Bertz CT molecular complexity index is 697. The van der Waals surface area contributed by atoms with Gasteiger partial charge in [0.05, 0.1) is 11.3 Å². The second kappa shape index (κ2) is 8.29. The SMILES string of the molecule is CCCN(CCC)c1cc(Nc2ccccc2C(=O)O)nc(C)n1. The molecule has 0 unspecified atom stereocenters. The fourth-order valence-electron chi connectivity index (χ4n) is 2.58. The minimum Gasteiger partial charge on any atom is -0.478 e. The van der Waals surface area contributed by atoms with E-state index in [1.165, 1.54) is 0 Å². The number of hydrogen-bond acceptors (Lipinski definition) is 5.